The number of aryl methyl sites for hydroxylation is 2. The molecular weight excluding hydrogens is 244 g/mol. The van der Waals surface area contributed by atoms with Gasteiger partial charge in [-0.05, 0) is 31.2 Å². The van der Waals surface area contributed by atoms with Crippen molar-refractivity contribution in [1.29, 1.82) is 0 Å². The van der Waals surface area contributed by atoms with Crippen LogP contribution in [-0.2, 0) is 6.54 Å². The lowest BCUT2D eigenvalue weighted by atomic mass is 10.2. The lowest BCUT2D eigenvalue weighted by Gasteiger charge is -2.07. The second kappa shape index (κ2) is 6.04. The van der Waals surface area contributed by atoms with Crippen LogP contribution in [0.1, 0.15) is 22.5 Å². The summed E-state index contributed by atoms with van der Waals surface area (Å²) in [5, 5.41) is 13.1. The number of nitrogens with zero attached hydrogens (tertiary/aromatic N) is 2. The van der Waals surface area contributed by atoms with Crippen LogP contribution in [0.25, 0.3) is 0 Å². The summed E-state index contributed by atoms with van der Waals surface area (Å²) in [6, 6.07) is 8.46. The first-order chi connectivity index (χ1) is 9.16. The second-order valence-corrected chi connectivity index (χ2v) is 4.23. The zero-order valence-electron chi connectivity index (χ0n) is 10.7. The van der Waals surface area contributed by atoms with Crippen molar-refractivity contribution in [3.05, 3.63) is 47.8 Å². The van der Waals surface area contributed by atoms with Crippen molar-refractivity contribution < 1.29 is 14.6 Å². The summed E-state index contributed by atoms with van der Waals surface area (Å²) in [5.74, 6) is -0.366. The molecule has 0 aliphatic heterocycles. The number of benzene rings is 1. The molecule has 0 aliphatic carbocycles. The molecular formula is C14H16N2O3. The molecule has 0 saturated carbocycles. The molecule has 1 aromatic heterocycles. The van der Waals surface area contributed by atoms with Crippen molar-refractivity contribution in [2.24, 2.45) is 0 Å². The monoisotopic (exact) mass is 260 g/mol. The first-order valence-electron chi connectivity index (χ1n) is 6.11. The van der Waals surface area contributed by atoms with Gasteiger partial charge in [0.15, 0.2) is 0 Å². The average molecular weight is 260 g/mol. The van der Waals surface area contributed by atoms with E-state index in [0.717, 1.165) is 18.7 Å². The van der Waals surface area contributed by atoms with Crippen LogP contribution >= 0.6 is 0 Å². The van der Waals surface area contributed by atoms with Crippen LogP contribution in [0.3, 0.4) is 0 Å². The molecule has 0 saturated heterocycles. The van der Waals surface area contributed by atoms with Gasteiger partial charge in [0.25, 0.3) is 0 Å². The molecule has 0 bridgehead atoms. The number of ether oxygens (including phenoxy) is 1. The molecule has 0 unspecified atom stereocenters. The van der Waals surface area contributed by atoms with E-state index in [0.29, 0.717) is 12.4 Å². The van der Waals surface area contributed by atoms with E-state index in [1.54, 1.807) is 24.4 Å². The zero-order chi connectivity index (χ0) is 13.7. The number of hydrogen-bond acceptors (Lipinski definition) is 3. The first kappa shape index (κ1) is 13.1. The molecule has 2 rings (SSSR count). The molecule has 0 amide bonds. The Kier molecular flexibility index (Phi) is 4.18. The molecule has 0 atom stereocenters. The third-order valence-electron chi connectivity index (χ3n) is 2.79. The molecule has 19 heavy (non-hydrogen) atoms. The largest absolute Gasteiger partial charge is 0.494 e. The van der Waals surface area contributed by atoms with Crippen LogP contribution < -0.4 is 4.74 Å². The molecule has 0 aliphatic rings. The molecule has 0 radical (unpaired) electrons. The topological polar surface area (TPSA) is 64.4 Å². The van der Waals surface area contributed by atoms with Crippen LogP contribution in [0.2, 0.25) is 0 Å². The number of hydrogen-bond donors (Lipinski definition) is 1. The molecule has 2 aromatic rings. The van der Waals surface area contributed by atoms with Crippen LogP contribution in [0, 0.1) is 6.92 Å². The zero-order valence-corrected chi connectivity index (χ0v) is 10.7. The van der Waals surface area contributed by atoms with Crippen LogP contribution in [0.15, 0.2) is 36.5 Å². The number of aromatic nitrogens is 2. The van der Waals surface area contributed by atoms with Gasteiger partial charge in [-0.15, -0.1) is 0 Å². The summed E-state index contributed by atoms with van der Waals surface area (Å²) in [5.41, 5.74) is 1.35. The predicted molar refractivity (Wildman–Crippen MR) is 70.5 cm³/mol. The fraction of sp³-hybridized carbons (Fsp3) is 0.286. The van der Waals surface area contributed by atoms with E-state index in [9.17, 15) is 4.79 Å². The smallest absolute Gasteiger partial charge is 0.335 e. The van der Waals surface area contributed by atoms with E-state index in [1.807, 2.05) is 17.7 Å². The lowest BCUT2D eigenvalue weighted by molar-refractivity contribution is 0.0696. The summed E-state index contributed by atoms with van der Waals surface area (Å²) in [6.45, 7) is 3.32. The van der Waals surface area contributed by atoms with Crippen LogP contribution in [0.5, 0.6) is 5.75 Å². The molecule has 1 heterocycles. The number of carboxylic acids is 1. The average Bonchev–Trinajstić information content (AvgIpc) is 2.81. The van der Waals surface area contributed by atoms with Gasteiger partial charge in [-0.1, -0.05) is 6.07 Å². The van der Waals surface area contributed by atoms with Crippen molar-refractivity contribution in [1.82, 2.24) is 9.78 Å². The molecule has 0 fully saturated rings. The Bertz CT molecular complexity index is 563. The van der Waals surface area contributed by atoms with Gasteiger partial charge in [0, 0.05) is 24.9 Å². The van der Waals surface area contributed by atoms with Gasteiger partial charge in [0.2, 0.25) is 0 Å². The SMILES string of the molecule is Cc1ccnn1CCCOc1cccc(C(=O)O)c1. The molecule has 0 spiro atoms. The van der Waals surface area contributed by atoms with Gasteiger partial charge >= 0.3 is 5.97 Å². The maximum Gasteiger partial charge on any atom is 0.335 e. The third kappa shape index (κ3) is 3.58. The summed E-state index contributed by atoms with van der Waals surface area (Å²) in [6.07, 6.45) is 2.59. The van der Waals surface area contributed by atoms with E-state index >= 15 is 0 Å². The van der Waals surface area contributed by atoms with Gasteiger partial charge in [0.1, 0.15) is 5.75 Å². The van der Waals surface area contributed by atoms with Gasteiger partial charge in [-0.2, -0.15) is 5.10 Å². The summed E-state index contributed by atoms with van der Waals surface area (Å²) < 4.78 is 7.44. The molecule has 100 valence electrons. The highest BCUT2D eigenvalue weighted by Gasteiger charge is 2.03. The second-order valence-electron chi connectivity index (χ2n) is 4.23. The Morgan fingerprint density at radius 1 is 1.42 bits per heavy atom. The fourth-order valence-corrected chi connectivity index (χ4v) is 1.76. The first-order valence-corrected chi connectivity index (χ1v) is 6.11. The van der Waals surface area contributed by atoms with E-state index in [1.165, 1.54) is 6.07 Å². The van der Waals surface area contributed by atoms with Crippen molar-refractivity contribution in [3.63, 3.8) is 0 Å². The van der Waals surface area contributed by atoms with Crippen LogP contribution in [0.4, 0.5) is 0 Å². The minimum Gasteiger partial charge on any atom is -0.494 e. The maximum absolute atomic E-state index is 10.8. The van der Waals surface area contributed by atoms with E-state index in [-0.39, 0.29) is 5.56 Å². The lowest BCUT2D eigenvalue weighted by Crippen LogP contribution is -2.07. The molecule has 5 heteroatoms. The Morgan fingerprint density at radius 3 is 2.95 bits per heavy atom. The number of aromatic carboxylic acids is 1. The maximum atomic E-state index is 10.8. The van der Waals surface area contributed by atoms with Crippen molar-refractivity contribution in [3.8, 4) is 5.75 Å². The highest BCUT2D eigenvalue weighted by atomic mass is 16.5. The predicted octanol–water partition coefficient (Wildman–Crippen LogP) is 2.36. The Hall–Kier alpha value is -2.30. The Labute approximate surface area is 111 Å². The molecule has 5 nitrogen and oxygen atoms in total. The van der Waals surface area contributed by atoms with Gasteiger partial charge in [-0.25, -0.2) is 4.79 Å². The summed E-state index contributed by atoms with van der Waals surface area (Å²) in [7, 11) is 0. The standard InChI is InChI=1S/C14H16N2O3/c1-11-6-7-15-16(11)8-3-9-19-13-5-2-4-12(10-13)14(17)18/h2,4-7,10H,3,8-9H2,1H3,(H,17,18). The van der Waals surface area contributed by atoms with E-state index < -0.39 is 5.97 Å². The van der Waals surface area contributed by atoms with E-state index in [4.69, 9.17) is 9.84 Å². The number of carboxylic acid groups (broad SMARTS) is 1. The highest BCUT2D eigenvalue weighted by molar-refractivity contribution is 5.87. The van der Waals surface area contributed by atoms with Crippen LogP contribution in [-0.4, -0.2) is 27.5 Å². The quantitative estimate of drug-likeness (QED) is 0.810. The van der Waals surface area contributed by atoms with Crippen molar-refractivity contribution >= 4 is 5.97 Å². The Balaban J connectivity index is 1.81. The van der Waals surface area contributed by atoms with Crippen molar-refractivity contribution in [2.75, 3.05) is 6.61 Å². The minimum atomic E-state index is -0.947. The van der Waals surface area contributed by atoms with Gasteiger partial charge in [-0.3, -0.25) is 4.68 Å². The van der Waals surface area contributed by atoms with E-state index in [2.05, 4.69) is 5.10 Å². The highest BCUT2D eigenvalue weighted by Crippen LogP contribution is 2.13. The number of rotatable bonds is 6. The van der Waals surface area contributed by atoms with Gasteiger partial charge in [0.05, 0.1) is 12.2 Å². The molecule has 1 aromatic carbocycles. The molecule has 1 N–H and O–H groups in total. The summed E-state index contributed by atoms with van der Waals surface area (Å²) in [4.78, 5) is 10.8. The van der Waals surface area contributed by atoms with Gasteiger partial charge < -0.3 is 9.84 Å². The summed E-state index contributed by atoms with van der Waals surface area (Å²) >= 11 is 0. The minimum absolute atomic E-state index is 0.237. The third-order valence-corrected chi connectivity index (χ3v) is 2.79. The normalized spacial score (nSPS) is 10.4. The Morgan fingerprint density at radius 2 is 2.26 bits per heavy atom. The number of carbonyl (C=O) groups is 1. The van der Waals surface area contributed by atoms with Crippen molar-refractivity contribution in [2.45, 2.75) is 19.9 Å². The fourth-order valence-electron chi connectivity index (χ4n) is 1.76.